The van der Waals surface area contributed by atoms with Gasteiger partial charge in [-0.15, -0.1) is 0 Å². The lowest BCUT2D eigenvalue weighted by Gasteiger charge is -2.20. The molecule has 1 N–H and O–H groups in total. The lowest BCUT2D eigenvalue weighted by Crippen LogP contribution is -2.33. The molecule has 1 amide bonds. The minimum absolute atomic E-state index is 0.156. The topological polar surface area (TPSA) is 38.3 Å². The Labute approximate surface area is 142 Å². The van der Waals surface area contributed by atoms with Crippen LogP contribution >= 0.6 is 11.6 Å². The molecule has 0 fully saturated rings. The Morgan fingerprint density at radius 3 is 2.57 bits per heavy atom. The van der Waals surface area contributed by atoms with Crippen molar-refractivity contribution < 1.29 is 9.53 Å². The van der Waals surface area contributed by atoms with E-state index >= 15 is 0 Å². The van der Waals surface area contributed by atoms with Crippen LogP contribution in [0, 0.1) is 6.92 Å². The smallest absolute Gasteiger partial charge is 0.265 e. The van der Waals surface area contributed by atoms with E-state index in [4.69, 9.17) is 16.3 Å². The zero-order chi connectivity index (χ0) is 16.8. The normalized spacial score (nSPS) is 11.8. The van der Waals surface area contributed by atoms with Gasteiger partial charge >= 0.3 is 0 Å². The fourth-order valence-electron chi connectivity index (χ4n) is 2.42. The predicted octanol–water partition coefficient (Wildman–Crippen LogP) is 5.01. The number of halogens is 1. The van der Waals surface area contributed by atoms with E-state index in [0.717, 1.165) is 23.2 Å². The molecule has 0 aliphatic heterocycles. The Balaban J connectivity index is 2.17. The number of aryl methyl sites for hydroxylation is 2. The van der Waals surface area contributed by atoms with Gasteiger partial charge in [-0.3, -0.25) is 4.79 Å². The third-order valence-corrected chi connectivity index (χ3v) is 4.07. The molecule has 0 saturated carbocycles. The molecule has 0 spiro atoms. The summed E-state index contributed by atoms with van der Waals surface area (Å²) in [6, 6.07) is 13.2. The molecule has 2 aromatic rings. The van der Waals surface area contributed by atoms with Crippen LogP contribution in [-0.2, 0) is 11.2 Å². The molecule has 0 aliphatic rings. The molecule has 2 rings (SSSR count). The highest BCUT2D eigenvalue weighted by Crippen LogP contribution is 2.26. The van der Waals surface area contributed by atoms with Crippen LogP contribution in [-0.4, -0.2) is 12.0 Å². The second-order valence-electron chi connectivity index (χ2n) is 5.40. The molecule has 122 valence electrons. The van der Waals surface area contributed by atoms with Gasteiger partial charge in [-0.05, 0) is 43.0 Å². The number of hydrogen-bond donors (Lipinski definition) is 1. The zero-order valence-electron chi connectivity index (χ0n) is 13.7. The van der Waals surface area contributed by atoms with Crippen molar-refractivity contribution in [3.63, 3.8) is 0 Å². The van der Waals surface area contributed by atoms with Gasteiger partial charge < -0.3 is 10.1 Å². The number of ether oxygens (including phenoxy) is 1. The molecule has 0 aliphatic carbocycles. The third kappa shape index (κ3) is 4.26. The van der Waals surface area contributed by atoms with E-state index in [0.29, 0.717) is 17.2 Å². The molecular weight excluding hydrogens is 310 g/mol. The van der Waals surface area contributed by atoms with E-state index in [9.17, 15) is 4.79 Å². The summed E-state index contributed by atoms with van der Waals surface area (Å²) in [5.41, 5.74) is 3.04. The minimum atomic E-state index is -0.584. The van der Waals surface area contributed by atoms with Crippen molar-refractivity contribution in [2.24, 2.45) is 0 Å². The number of para-hydroxylation sites is 2. The Kier molecular flexibility index (Phi) is 6.05. The van der Waals surface area contributed by atoms with Crippen LogP contribution in [0.3, 0.4) is 0 Å². The number of hydrogen-bond acceptors (Lipinski definition) is 2. The Bertz CT molecular complexity index is 685. The summed E-state index contributed by atoms with van der Waals surface area (Å²) in [7, 11) is 0. The maximum absolute atomic E-state index is 12.6. The average Bonchev–Trinajstić information content (AvgIpc) is 2.55. The van der Waals surface area contributed by atoms with Crippen LogP contribution in [0.5, 0.6) is 5.75 Å². The van der Waals surface area contributed by atoms with Crippen molar-refractivity contribution >= 4 is 23.2 Å². The number of anilines is 1. The van der Waals surface area contributed by atoms with Crippen molar-refractivity contribution in [3.05, 3.63) is 58.6 Å². The predicted molar refractivity (Wildman–Crippen MR) is 95.3 cm³/mol. The Hall–Kier alpha value is -2.00. The molecule has 0 saturated heterocycles. The van der Waals surface area contributed by atoms with Gasteiger partial charge in [0.1, 0.15) is 5.75 Å². The summed E-state index contributed by atoms with van der Waals surface area (Å²) >= 11 is 6.11. The molecule has 1 atom stereocenters. The summed E-state index contributed by atoms with van der Waals surface area (Å²) in [5, 5.41) is 3.52. The first-order chi connectivity index (χ1) is 11.1. The number of benzene rings is 2. The number of amides is 1. The molecule has 0 radical (unpaired) electrons. The zero-order valence-corrected chi connectivity index (χ0v) is 14.5. The largest absolute Gasteiger partial charge is 0.479 e. The van der Waals surface area contributed by atoms with Crippen LogP contribution in [0.15, 0.2) is 42.5 Å². The molecule has 4 heteroatoms. The highest BCUT2D eigenvalue weighted by atomic mass is 35.5. The molecule has 2 aromatic carbocycles. The first kappa shape index (κ1) is 17.4. The van der Waals surface area contributed by atoms with Gasteiger partial charge in [0.15, 0.2) is 6.10 Å². The molecular formula is C19H22ClNO2. The number of carbonyl (C=O) groups is 1. The second-order valence-corrected chi connectivity index (χ2v) is 5.80. The van der Waals surface area contributed by atoms with Crippen molar-refractivity contribution in [2.75, 3.05) is 5.32 Å². The van der Waals surface area contributed by atoms with Gasteiger partial charge in [-0.1, -0.05) is 55.8 Å². The third-order valence-electron chi connectivity index (χ3n) is 3.76. The summed E-state index contributed by atoms with van der Waals surface area (Å²) < 4.78 is 5.80. The van der Waals surface area contributed by atoms with E-state index in [-0.39, 0.29) is 5.91 Å². The summed E-state index contributed by atoms with van der Waals surface area (Å²) in [5.74, 6) is 0.369. The lowest BCUT2D eigenvalue weighted by molar-refractivity contribution is -0.122. The second kappa shape index (κ2) is 8.02. The van der Waals surface area contributed by atoms with Gasteiger partial charge in [-0.25, -0.2) is 0 Å². The van der Waals surface area contributed by atoms with Crippen LogP contribution < -0.4 is 10.1 Å². The van der Waals surface area contributed by atoms with Gasteiger partial charge in [0.2, 0.25) is 0 Å². The SMILES string of the molecule is CCc1cccc(C)c1NC(=O)[C@H](CC)Oc1ccccc1Cl. The van der Waals surface area contributed by atoms with Crippen LogP contribution in [0.4, 0.5) is 5.69 Å². The van der Waals surface area contributed by atoms with E-state index in [1.165, 1.54) is 0 Å². The molecule has 23 heavy (non-hydrogen) atoms. The number of carbonyl (C=O) groups excluding carboxylic acids is 1. The van der Waals surface area contributed by atoms with Gasteiger partial charge in [0.05, 0.1) is 5.02 Å². The van der Waals surface area contributed by atoms with Crippen LogP contribution in [0.25, 0.3) is 0 Å². The number of nitrogens with one attached hydrogen (secondary N) is 1. The van der Waals surface area contributed by atoms with Crippen molar-refractivity contribution in [3.8, 4) is 5.75 Å². The van der Waals surface area contributed by atoms with E-state index in [1.807, 2.05) is 44.2 Å². The summed E-state index contributed by atoms with van der Waals surface area (Å²) in [6.45, 7) is 5.98. The molecule has 3 nitrogen and oxygen atoms in total. The van der Waals surface area contributed by atoms with Gasteiger partial charge in [0, 0.05) is 5.69 Å². The monoisotopic (exact) mass is 331 g/mol. The molecule has 0 heterocycles. The van der Waals surface area contributed by atoms with Gasteiger partial charge in [-0.2, -0.15) is 0 Å². The number of rotatable bonds is 6. The average molecular weight is 332 g/mol. The van der Waals surface area contributed by atoms with E-state index in [2.05, 4.69) is 12.2 Å². The van der Waals surface area contributed by atoms with E-state index < -0.39 is 6.10 Å². The van der Waals surface area contributed by atoms with Crippen molar-refractivity contribution in [1.82, 2.24) is 0 Å². The minimum Gasteiger partial charge on any atom is -0.479 e. The first-order valence-electron chi connectivity index (χ1n) is 7.87. The maximum Gasteiger partial charge on any atom is 0.265 e. The van der Waals surface area contributed by atoms with Crippen LogP contribution in [0.2, 0.25) is 5.02 Å². The Morgan fingerprint density at radius 2 is 1.91 bits per heavy atom. The standard InChI is InChI=1S/C19H22ClNO2/c1-4-14-10-8-9-13(3)18(14)21-19(22)16(5-2)23-17-12-7-6-11-15(17)20/h6-12,16H,4-5H2,1-3H3,(H,21,22)/t16-/m0/s1. The Morgan fingerprint density at radius 1 is 1.17 bits per heavy atom. The summed E-state index contributed by atoms with van der Waals surface area (Å²) in [6.07, 6.45) is 0.836. The van der Waals surface area contributed by atoms with Crippen molar-refractivity contribution in [2.45, 2.75) is 39.7 Å². The fraction of sp³-hybridized carbons (Fsp3) is 0.316. The fourth-order valence-corrected chi connectivity index (χ4v) is 2.60. The highest BCUT2D eigenvalue weighted by Gasteiger charge is 2.21. The summed E-state index contributed by atoms with van der Waals surface area (Å²) in [4.78, 5) is 12.6. The maximum atomic E-state index is 12.6. The quantitative estimate of drug-likeness (QED) is 0.808. The van der Waals surface area contributed by atoms with E-state index in [1.54, 1.807) is 12.1 Å². The molecule has 0 unspecified atom stereocenters. The molecule has 0 aromatic heterocycles. The molecule has 0 bridgehead atoms. The van der Waals surface area contributed by atoms with Crippen LogP contribution in [0.1, 0.15) is 31.4 Å². The van der Waals surface area contributed by atoms with Crippen molar-refractivity contribution in [1.29, 1.82) is 0 Å². The first-order valence-corrected chi connectivity index (χ1v) is 8.25. The highest BCUT2D eigenvalue weighted by molar-refractivity contribution is 6.32. The lowest BCUT2D eigenvalue weighted by atomic mass is 10.1. The van der Waals surface area contributed by atoms with Gasteiger partial charge in [0.25, 0.3) is 5.91 Å².